The molecule has 0 bridgehead atoms. The quantitative estimate of drug-likeness (QED) is 0.159. The minimum absolute atomic E-state index is 0. The Kier molecular flexibility index (Phi) is 14.1. The van der Waals surface area contributed by atoms with Crippen molar-refractivity contribution in [3.05, 3.63) is 183 Å². The predicted molar refractivity (Wildman–Crippen MR) is 214 cm³/mol. The van der Waals surface area contributed by atoms with Gasteiger partial charge in [-0.15, -0.1) is 5.56 Å². The van der Waals surface area contributed by atoms with Crippen LogP contribution in [0.5, 0.6) is 0 Å². The average Bonchev–Trinajstić information content (AvgIpc) is 3.80. The molecular formula is C47H42Cl4Zr-2. The first-order chi connectivity index (χ1) is 23.8. The van der Waals surface area contributed by atoms with E-state index in [1.807, 2.05) is 54.6 Å². The van der Waals surface area contributed by atoms with Gasteiger partial charge in [-0.05, 0) is 17.4 Å². The fourth-order valence-corrected chi connectivity index (χ4v) is 7.94. The molecule has 0 fully saturated rings. The zero-order valence-corrected chi connectivity index (χ0v) is 35.9. The van der Waals surface area contributed by atoms with Crippen molar-refractivity contribution in [1.29, 1.82) is 0 Å². The van der Waals surface area contributed by atoms with Crippen LogP contribution in [0, 0.1) is 6.07 Å². The third-order valence-corrected chi connectivity index (χ3v) is 11.3. The van der Waals surface area contributed by atoms with Gasteiger partial charge in [0.1, 0.15) is 0 Å². The van der Waals surface area contributed by atoms with Gasteiger partial charge in [0, 0.05) is 0 Å². The Labute approximate surface area is 347 Å². The van der Waals surface area contributed by atoms with Crippen LogP contribution >= 0.6 is 23.2 Å². The third-order valence-electron chi connectivity index (χ3n) is 9.36. The van der Waals surface area contributed by atoms with Gasteiger partial charge in [0.05, 0.1) is 0 Å². The first-order valence-corrected chi connectivity index (χ1v) is 19.1. The number of rotatable bonds is 2. The molecule has 52 heavy (non-hydrogen) atoms. The van der Waals surface area contributed by atoms with E-state index in [1.165, 1.54) is 82.7 Å². The van der Waals surface area contributed by atoms with Gasteiger partial charge in [-0.3, -0.25) is 0 Å². The van der Waals surface area contributed by atoms with Crippen molar-refractivity contribution in [1.82, 2.24) is 0 Å². The molecule has 1 aliphatic rings. The van der Waals surface area contributed by atoms with Crippen LogP contribution in [0.2, 0.25) is 10.0 Å². The summed E-state index contributed by atoms with van der Waals surface area (Å²) in [5.41, 5.74) is 11.2. The summed E-state index contributed by atoms with van der Waals surface area (Å²) in [5, 5.41) is 6.15. The van der Waals surface area contributed by atoms with Crippen LogP contribution in [0.15, 0.2) is 133 Å². The number of hydrogen-bond donors (Lipinski definition) is 0. The molecule has 0 aliphatic heterocycles. The molecule has 0 saturated carbocycles. The van der Waals surface area contributed by atoms with Crippen molar-refractivity contribution in [2.45, 2.75) is 58.8 Å². The van der Waals surface area contributed by atoms with E-state index >= 15 is 0 Å². The predicted octanol–water partition coefficient (Wildman–Crippen LogP) is 7.48. The molecule has 0 N–H and O–H groups in total. The molecule has 0 spiro atoms. The van der Waals surface area contributed by atoms with E-state index in [9.17, 15) is 0 Å². The van der Waals surface area contributed by atoms with Crippen LogP contribution in [0.4, 0.5) is 0 Å². The summed E-state index contributed by atoms with van der Waals surface area (Å²) in [6.07, 6.45) is 1.03. The standard InChI is InChI=1S/C21H12Cl2.C21H25.C5H5.2ClH.Zr/c22-20-11-9-14(16-5-1-3-7-18(16)20)13-15-10-12-21(23)19-8-4-2-6-17(15)19;1-20(2,3)16-9-7-14-11-15-8-10-17(21(4,5)6)13-19(15)18(14)12-16;1-2-4-5-3-1;;;/h1-12H;7,9-10,12-13H,11H2,1-6H3;1-5H;2*1H;/q;2*-1;;;+2/p-2. The van der Waals surface area contributed by atoms with Gasteiger partial charge in [0.15, 0.2) is 0 Å². The SMILES string of the molecule is CC(C)(C)c1c[c-]c2c(c1)-c1cc(C(C)(C)C)ccc1C2.Clc1ccc([C](=[Zr+2])c2ccc(Cl)c3ccccc23)c2ccccc12.[Cl-].[Cl-].c1cc[cH-]c1. The van der Waals surface area contributed by atoms with Crippen LogP contribution in [0.1, 0.15) is 74.9 Å². The summed E-state index contributed by atoms with van der Waals surface area (Å²) >= 11 is 14.1. The molecule has 0 atom stereocenters. The second-order valence-electron chi connectivity index (χ2n) is 14.9. The van der Waals surface area contributed by atoms with Gasteiger partial charge >= 0.3 is 166 Å². The summed E-state index contributed by atoms with van der Waals surface area (Å²) in [6, 6.07) is 49.9. The Morgan fingerprint density at radius 2 is 1.08 bits per heavy atom. The van der Waals surface area contributed by atoms with Crippen LogP contribution in [-0.4, -0.2) is 3.21 Å². The number of halogens is 4. The Hall–Kier alpha value is -2.90. The molecule has 0 amide bonds. The topological polar surface area (TPSA) is 0 Å². The summed E-state index contributed by atoms with van der Waals surface area (Å²) in [4.78, 5) is 0. The zero-order chi connectivity index (χ0) is 35.6. The van der Waals surface area contributed by atoms with E-state index < -0.39 is 0 Å². The maximum atomic E-state index is 6.38. The van der Waals surface area contributed by atoms with Gasteiger partial charge in [-0.25, -0.2) is 12.1 Å². The first-order valence-electron chi connectivity index (χ1n) is 17.1. The maximum absolute atomic E-state index is 6.38. The minimum atomic E-state index is 0. The van der Waals surface area contributed by atoms with E-state index in [0.717, 1.165) is 27.2 Å². The van der Waals surface area contributed by atoms with Crippen molar-refractivity contribution in [3.8, 4) is 11.1 Å². The van der Waals surface area contributed by atoms with Gasteiger partial charge in [0.2, 0.25) is 0 Å². The van der Waals surface area contributed by atoms with Crippen molar-refractivity contribution < 1.29 is 49.0 Å². The zero-order valence-electron chi connectivity index (χ0n) is 30.4. The molecule has 0 aromatic heterocycles. The largest absolute Gasteiger partial charge is 1.00 e. The monoisotopic (exact) mass is 836 g/mol. The normalized spacial score (nSPS) is 11.6. The number of fused-ring (bicyclic) bond motifs is 5. The van der Waals surface area contributed by atoms with Crippen molar-refractivity contribution in [2.24, 2.45) is 0 Å². The molecule has 0 saturated heterocycles. The molecule has 0 radical (unpaired) electrons. The summed E-state index contributed by atoms with van der Waals surface area (Å²) in [6.45, 7) is 13.6. The first kappa shape index (κ1) is 41.9. The summed E-state index contributed by atoms with van der Waals surface area (Å²) < 4.78 is 1.31. The Bertz CT molecular complexity index is 2140. The molecule has 1 aliphatic carbocycles. The molecular weight excluding hydrogens is 798 g/mol. The number of hydrogen-bond acceptors (Lipinski definition) is 0. The fourth-order valence-electron chi connectivity index (χ4n) is 6.41. The van der Waals surface area contributed by atoms with Crippen LogP contribution in [0.3, 0.4) is 0 Å². The van der Waals surface area contributed by atoms with Crippen molar-refractivity contribution >= 4 is 48.0 Å². The fraction of sp³-hybridized carbons (Fsp3) is 0.191. The van der Waals surface area contributed by atoms with Gasteiger partial charge in [-0.1, -0.05) is 76.3 Å². The van der Waals surface area contributed by atoms with Crippen LogP contribution in [-0.2, 0) is 41.5 Å². The van der Waals surface area contributed by atoms with Gasteiger partial charge in [0.25, 0.3) is 0 Å². The van der Waals surface area contributed by atoms with E-state index in [0.29, 0.717) is 0 Å². The molecule has 7 aromatic carbocycles. The van der Waals surface area contributed by atoms with E-state index in [-0.39, 0.29) is 35.6 Å². The van der Waals surface area contributed by atoms with Crippen LogP contribution < -0.4 is 24.8 Å². The second-order valence-corrected chi connectivity index (χ2v) is 17.0. The molecule has 0 unspecified atom stereocenters. The van der Waals surface area contributed by atoms with Crippen molar-refractivity contribution in [3.63, 3.8) is 0 Å². The van der Waals surface area contributed by atoms with E-state index in [2.05, 4.69) is 126 Å². The molecule has 0 heterocycles. The summed E-state index contributed by atoms with van der Waals surface area (Å²) in [7, 11) is 0. The van der Waals surface area contributed by atoms with Gasteiger partial charge in [-0.2, -0.15) is 47.5 Å². The molecule has 7 aromatic rings. The Morgan fingerprint density at radius 3 is 1.54 bits per heavy atom. The molecule has 8 rings (SSSR count). The molecule has 5 heteroatoms. The maximum Gasteiger partial charge on any atom is -0.172 e. The number of benzene rings is 6. The summed E-state index contributed by atoms with van der Waals surface area (Å²) in [5.74, 6) is 0. The Balaban J connectivity index is 0.000000199. The molecule has 264 valence electrons. The van der Waals surface area contributed by atoms with E-state index in [4.69, 9.17) is 23.2 Å². The second kappa shape index (κ2) is 17.5. The van der Waals surface area contributed by atoms with Crippen LogP contribution in [0.25, 0.3) is 32.7 Å². The third kappa shape index (κ3) is 9.24. The molecule has 0 nitrogen and oxygen atoms in total. The van der Waals surface area contributed by atoms with Gasteiger partial charge < -0.3 is 24.8 Å². The smallest absolute Gasteiger partial charge is 0.172 e. The minimum Gasteiger partial charge on any atom is -1.00 e. The Morgan fingerprint density at radius 1 is 0.596 bits per heavy atom. The average molecular weight is 840 g/mol. The van der Waals surface area contributed by atoms with E-state index in [1.54, 1.807) is 0 Å². The van der Waals surface area contributed by atoms with Crippen molar-refractivity contribution in [2.75, 3.05) is 0 Å².